The van der Waals surface area contributed by atoms with Gasteiger partial charge in [-0.15, -0.1) is 0 Å². The van der Waals surface area contributed by atoms with Gasteiger partial charge in [0.05, 0.1) is 11.5 Å². The van der Waals surface area contributed by atoms with Crippen molar-refractivity contribution >= 4 is 33.3 Å². The number of sulfone groups is 1. The molecule has 1 aliphatic heterocycles. The summed E-state index contributed by atoms with van der Waals surface area (Å²) in [5.41, 5.74) is 0.769. The van der Waals surface area contributed by atoms with E-state index in [0.29, 0.717) is 11.4 Å². The third-order valence-electron chi connectivity index (χ3n) is 3.90. The quantitative estimate of drug-likeness (QED) is 0.796. The maximum Gasteiger partial charge on any atom is 0.232 e. The summed E-state index contributed by atoms with van der Waals surface area (Å²) in [5.74, 6) is -0.740. The maximum absolute atomic E-state index is 12.1. The van der Waals surface area contributed by atoms with Gasteiger partial charge in [-0.25, -0.2) is 8.42 Å². The van der Waals surface area contributed by atoms with E-state index in [1.165, 1.54) is 11.9 Å². The number of nitrogens with zero attached hydrogens (tertiary/aromatic N) is 1. The summed E-state index contributed by atoms with van der Waals surface area (Å²) in [4.78, 5) is 25.3. The van der Waals surface area contributed by atoms with Gasteiger partial charge in [-0.2, -0.15) is 0 Å². The minimum atomic E-state index is -3.06. The molecule has 0 aliphatic carbocycles. The molecule has 23 heavy (non-hydrogen) atoms. The maximum atomic E-state index is 12.1. The second kappa shape index (κ2) is 7.31. The number of rotatable bonds is 5. The van der Waals surface area contributed by atoms with E-state index < -0.39 is 15.7 Å². The minimum absolute atomic E-state index is 0.0313. The molecule has 1 N–H and O–H groups in total. The summed E-state index contributed by atoms with van der Waals surface area (Å²) >= 11 is 5.99. The summed E-state index contributed by atoms with van der Waals surface area (Å²) < 4.78 is 22.9. The number of hydrogen-bond donors (Lipinski definition) is 1. The molecular weight excluding hydrogens is 340 g/mol. The highest BCUT2D eigenvalue weighted by molar-refractivity contribution is 7.91. The standard InChI is InChI=1S/C15H19ClN2O4S/c1-18(12-6-7-23(21,22)10-12)15(20)8-14(19)17-9-11-4-2-3-5-13(11)16/h2-5,12H,6-10H2,1H3,(H,17,19). The molecule has 1 unspecified atom stereocenters. The lowest BCUT2D eigenvalue weighted by atomic mass is 10.2. The Balaban J connectivity index is 1.83. The van der Waals surface area contributed by atoms with Gasteiger partial charge in [0.25, 0.3) is 0 Å². The molecule has 1 fully saturated rings. The van der Waals surface area contributed by atoms with Gasteiger partial charge in [0.1, 0.15) is 6.42 Å². The van der Waals surface area contributed by atoms with Crippen molar-refractivity contribution in [3.63, 3.8) is 0 Å². The zero-order chi connectivity index (χ0) is 17.0. The van der Waals surface area contributed by atoms with Crippen molar-refractivity contribution in [3.8, 4) is 0 Å². The van der Waals surface area contributed by atoms with Crippen LogP contribution in [0.3, 0.4) is 0 Å². The first-order valence-corrected chi connectivity index (χ1v) is 9.44. The molecule has 0 saturated carbocycles. The Bertz CT molecular complexity index is 705. The number of carbonyl (C=O) groups is 2. The average molecular weight is 359 g/mol. The van der Waals surface area contributed by atoms with Crippen LogP contribution < -0.4 is 5.32 Å². The molecule has 1 aromatic rings. The lowest BCUT2D eigenvalue weighted by Crippen LogP contribution is -2.40. The van der Waals surface area contributed by atoms with Crippen LogP contribution in [0.2, 0.25) is 5.02 Å². The van der Waals surface area contributed by atoms with Gasteiger partial charge in [0, 0.05) is 24.7 Å². The first-order valence-electron chi connectivity index (χ1n) is 7.24. The normalized spacial score (nSPS) is 19.3. The van der Waals surface area contributed by atoms with E-state index in [4.69, 9.17) is 11.6 Å². The first kappa shape index (κ1) is 17.7. The van der Waals surface area contributed by atoms with Crippen LogP contribution in [0.15, 0.2) is 24.3 Å². The third-order valence-corrected chi connectivity index (χ3v) is 6.01. The Kier molecular flexibility index (Phi) is 5.64. The van der Waals surface area contributed by atoms with Gasteiger partial charge in [-0.3, -0.25) is 9.59 Å². The zero-order valence-electron chi connectivity index (χ0n) is 12.8. The second-order valence-electron chi connectivity index (χ2n) is 5.61. The summed E-state index contributed by atoms with van der Waals surface area (Å²) in [6, 6.07) is 6.78. The van der Waals surface area contributed by atoms with Gasteiger partial charge < -0.3 is 10.2 Å². The summed E-state index contributed by atoms with van der Waals surface area (Å²) in [5, 5.41) is 3.19. The molecule has 1 atom stereocenters. The largest absolute Gasteiger partial charge is 0.352 e. The Morgan fingerprint density at radius 2 is 2.04 bits per heavy atom. The van der Waals surface area contributed by atoms with Crippen LogP contribution >= 0.6 is 11.6 Å². The average Bonchev–Trinajstić information content (AvgIpc) is 2.85. The molecule has 8 heteroatoms. The van der Waals surface area contributed by atoms with Crippen molar-refractivity contribution in [1.29, 1.82) is 0 Å². The smallest absolute Gasteiger partial charge is 0.232 e. The molecule has 1 aliphatic rings. The first-order chi connectivity index (χ1) is 10.8. The predicted molar refractivity (Wildman–Crippen MR) is 87.7 cm³/mol. The lowest BCUT2D eigenvalue weighted by molar-refractivity contribution is -0.136. The van der Waals surface area contributed by atoms with Crippen LogP contribution in [-0.2, 0) is 26.0 Å². The number of hydrogen-bond acceptors (Lipinski definition) is 4. The highest BCUT2D eigenvalue weighted by Gasteiger charge is 2.33. The Morgan fingerprint density at radius 1 is 1.35 bits per heavy atom. The highest BCUT2D eigenvalue weighted by Crippen LogP contribution is 2.17. The van der Waals surface area contributed by atoms with Crippen LogP contribution in [-0.4, -0.2) is 49.7 Å². The van der Waals surface area contributed by atoms with E-state index in [2.05, 4.69) is 5.32 Å². The molecule has 1 heterocycles. The summed E-state index contributed by atoms with van der Waals surface area (Å²) in [6.07, 6.45) is 0.114. The monoisotopic (exact) mass is 358 g/mol. The number of halogens is 1. The lowest BCUT2D eigenvalue weighted by Gasteiger charge is -2.23. The van der Waals surface area contributed by atoms with Crippen molar-refractivity contribution in [2.24, 2.45) is 0 Å². The molecule has 2 rings (SSSR count). The molecule has 0 bridgehead atoms. The van der Waals surface area contributed by atoms with Crippen molar-refractivity contribution in [3.05, 3.63) is 34.9 Å². The molecule has 126 valence electrons. The molecule has 0 aromatic heterocycles. The summed E-state index contributed by atoms with van der Waals surface area (Å²) in [6.45, 7) is 0.243. The predicted octanol–water partition coefficient (Wildman–Crippen LogP) is 0.992. The van der Waals surface area contributed by atoms with E-state index in [1.54, 1.807) is 18.2 Å². The molecule has 0 radical (unpaired) electrons. The molecule has 1 aromatic carbocycles. The van der Waals surface area contributed by atoms with Crippen LogP contribution in [0.5, 0.6) is 0 Å². The highest BCUT2D eigenvalue weighted by atomic mass is 35.5. The molecular formula is C15H19ClN2O4S. The summed E-state index contributed by atoms with van der Waals surface area (Å²) in [7, 11) is -1.53. The zero-order valence-corrected chi connectivity index (χ0v) is 14.4. The molecule has 0 spiro atoms. The van der Waals surface area contributed by atoms with Crippen molar-refractivity contribution in [2.45, 2.75) is 25.4 Å². The number of benzene rings is 1. The van der Waals surface area contributed by atoms with E-state index in [9.17, 15) is 18.0 Å². The third kappa shape index (κ3) is 4.94. The fraction of sp³-hybridized carbons (Fsp3) is 0.467. The fourth-order valence-electron chi connectivity index (χ4n) is 2.44. The van der Waals surface area contributed by atoms with E-state index >= 15 is 0 Å². The van der Waals surface area contributed by atoms with Crippen molar-refractivity contribution in [1.82, 2.24) is 10.2 Å². The van der Waals surface area contributed by atoms with Gasteiger partial charge in [0.15, 0.2) is 9.84 Å². The van der Waals surface area contributed by atoms with Gasteiger partial charge in [-0.05, 0) is 18.1 Å². The van der Waals surface area contributed by atoms with Gasteiger partial charge >= 0.3 is 0 Å². The second-order valence-corrected chi connectivity index (χ2v) is 8.24. The van der Waals surface area contributed by atoms with Gasteiger partial charge in [-0.1, -0.05) is 29.8 Å². The van der Waals surface area contributed by atoms with Crippen LogP contribution in [0.4, 0.5) is 0 Å². The van der Waals surface area contributed by atoms with Crippen LogP contribution in [0.25, 0.3) is 0 Å². The Hall–Kier alpha value is -1.60. The van der Waals surface area contributed by atoms with Crippen LogP contribution in [0, 0.1) is 0 Å². The number of carbonyl (C=O) groups excluding carboxylic acids is 2. The topological polar surface area (TPSA) is 83.6 Å². The minimum Gasteiger partial charge on any atom is -0.352 e. The molecule has 2 amide bonds. The Labute approximate surface area is 140 Å². The number of nitrogens with one attached hydrogen (secondary N) is 1. The SMILES string of the molecule is CN(C(=O)CC(=O)NCc1ccccc1Cl)C1CCS(=O)(=O)C1. The number of amides is 2. The fourth-order valence-corrected chi connectivity index (χ4v) is 4.42. The molecule has 6 nitrogen and oxygen atoms in total. The van der Waals surface area contributed by atoms with E-state index in [-0.39, 0.29) is 36.4 Å². The van der Waals surface area contributed by atoms with E-state index in [1.807, 2.05) is 6.07 Å². The van der Waals surface area contributed by atoms with Crippen molar-refractivity contribution in [2.75, 3.05) is 18.6 Å². The van der Waals surface area contributed by atoms with Crippen LogP contribution in [0.1, 0.15) is 18.4 Å². The van der Waals surface area contributed by atoms with Crippen molar-refractivity contribution < 1.29 is 18.0 Å². The van der Waals surface area contributed by atoms with E-state index in [0.717, 1.165) is 5.56 Å². The molecule has 1 saturated heterocycles. The Morgan fingerprint density at radius 3 is 2.65 bits per heavy atom. The van der Waals surface area contributed by atoms with Gasteiger partial charge in [0.2, 0.25) is 11.8 Å².